The Labute approximate surface area is 156 Å². The zero-order valence-corrected chi connectivity index (χ0v) is 15.3. The molecule has 0 aromatic heterocycles. The van der Waals surface area contributed by atoms with Crippen molar-refractivity contribution in [3.05, 3.63) is 64.7 Å². The highest BCUT2D eigenvalue weighted by Gasteiger charge is 2.34. The van der Waals surface area contributed by atoms with Gasteiger partial charge in [0.25, 0.3) is 0 Å². The van der Waals surface area contributed by atoms with E-state index >= 15 is 0 Å². The first-order valence-corrected chi connectivity index (χ1v) is 9.73. The summed E-state index contributed by atoms with van der Waals surface area (Å²) in [6.45, 7) is -0.000174. The van der Waals surface area contributed by atoms with Gasteiger partial charge < -0.3 is 4.74 Å². The average molecular weight is 387 g/mol. The molecule has 0 amide bonds. The Hall–Kier alpha value is -2.84. The maximum Gasteiger partial charge on any atom is 0.305 e. The van der Waals surface area contributed by atoms with E-state index < -0.39 is 21.8 Å². The Morgan fingerprint density at radius 3 is 2.26 bits per heavy atom. The molecule has 0 atom stereocenters. The van der Waals surface area contributed by atoms with Crippen molar-refractivity contribution in [1.82, 2.24) is 4.72 Å². The van der Waals surface area contributed by atoms with Crippen LogP contribution in [-0.4, -0.2) is 39.6 Å². The Morgan fingerprint density at radius 1 is 0.963 bits per heavy atom. The van der Waals surface area contributed by atoms with Crippen LogP contribution in [0.5, 0.6) is 0 Å². The minimum absolute atomic E-state index is 0.000174. The van der Waals surface area contributed by atoms with Gasteiger partial charge in [-0.25, -0.2) is 13.1 Å². The summed E-state index contributed by atoms with van der Waals surface area (Å²) in [6.07, 6.45) is 0.313. The first-order chi connectivity index (χ1) is 12.9. The fourth-order valence-corrected chi connectivity index (χ4v) is 4.25. The second-order valence-electron chi connectivity index (χ2n) is 5.96. The molecule has 2 aromatic carbocycles. The molecule has 1 aliphatic rings. The highest BCUT2D eigenvalue weighted by molar-refractivity contribution is 7.89. The van der Waals surface area contributed by atoms with E-state index in [0.29, 0.717) is 0 Å². The minimum Gasteiger partial charge on any atom is -0.469 e. The smallest absolute Gasteiger partial charge is 0.305 e. The monoisotopic (exact) mass is 387 g/mol. The van der Waals surface area contributed by atoms with Crippen LogP contribution in [0.3, 0.4) is 0 Å². The van der Waals surface area contributed by atoms with Crippen molar-refractivity contribution in [3.8, 4) is 0 Å². The summed E-state index contributed by atoms with van der Waals surface area (Å²) in [5.74, 6) is -1.33. The van der Waals surface area contributed by atoms with Gasteiger partial charge in [0.05, 0.1) is 17.6 Å². The highest BCUT2D eigenvalue weighted by Crippen LogP contribution is 2.31. The summed E-state index contributed by atoms with van der Waals surface area (Å²) < 4.78 is 32.3. The van der Waals surface area contributed by atoms with Gasteiger partial charge >= 0.3 is 5.97 Å². The number of esters is 1. The van der Waals surface area contributed by atoms with Gasteiger partial charge in [-0.2, -0.15) is 0 Å². The SMILES string of the molecule is COC(=O)CCCNS(=O)(=O)c1cccc2c1C(=O)c1ccccc1C2=O. The molecule has 0 saturated heterocycles. The van der Waals surface area contributed by atoms with Gasteiger partial charge in [-0.15, -0.1) is 0 Å². The number of carbonyl (C=O) groups is 3. The molecule has 140 valence electrons. The van der Waals surface area contributed by atoms with Crippen molar-refractivity contribution in [3.63, 3.8) is 0 Å². The summed E-state index contributed by atoms with van der Waals surface area (Å²) >= 11 is 0. The number of hydrogen-bond acceptors (Lipinski definition) is 6. The van der Waals surface area contributed by atoms with E-state index in [2.05, 4.69) is 9.46 Å². The predicted octanol–water partition coefficient (Wildman–Crippen LogP) is 1.69. The van der Waals surface area contributed by atoms with Crippen LogP contribution in [0.4, 0.5) is 0 Å². The molecule has 0 aliphatic heterocycles. The third kappa shape index (κ3) is 3.54. The molecule has 27 heavy (non-hydrogen) atoms. The van der Waals surface area contributed by atoms with Gasteiger partial charge in [-0.3, -0.25) is 14.4 Å². The van der Waals surface area contributed by atoms with E-state index in [1.54, 1.807) is 18.2 Å². The molecule has 1 aliphatic carbocycles. The number of hydrogen-bond donors (Lipinski definition) is 1. The van der Waals surface area contributed by atoms with Crippen LogP contribution in [0.25, 0.3) is 0 Å². The van der Waals surface area contributed by atoms with Crippen molar-refractivity contribution in [2.24, 2.45) is 0 Å². The summed E-state index contributed by atoms with van der Waals surface area (Å²) in [7, 11) is -2.79. The van der Waals surface area contributed by atoms with Crippen LogP contribution >= 0.6 is 0 Å². The normalized spacial score (nSPS) is 13.1. The predicted molar refractivity (Wildman–Crippen MR) is 96.2 cm³/mol. The van der Waals surface area contributed by atoms with E-state index in [1.165, 1.54) is 31.4 Å². The first-order valence-electron chi connectivity index (χ1n) is 8.24. The lowest BCUT2D eigenvalue weighted by molar-refractivity contribution is -0.140. The molecule has 0 heterocycles. The van der Waals surface area contributed by atoms with Crippen LogP contribution in [0.15, 0.2) is 47.4 Å². The number of rotatable bonds is 6. The zero-order valence-electron chi connectivity index (χ0n) is 14.5. The van der Waals surface area contributed by atoms with E-state index in [0.717, 1.165) is 0 Å². The lowest BCUT2D eigenvalue weighted by Crippen LogP contribution is -2.30. The van der Waals surface area contributed by atoms with Crippen molar-refractivity contribution in [2.75, 3.05) is 13.7 Å². The number of benzene rings is 2. The number of methoxy groups -OCH3 is 1. The summed E-state index contributed by atoms with van der Waals surface area (Å²) in [4.78, 5) is 36.4. The van der Waals surface area contributed by atoms with Crippen LogP contribution in [-0.2, 0) is 19.6 Å². The Kier molecular flexibility index (Phi) is 5.20. The fourth-order valence-electron chi connectivity index (χ4n) is 2.96. The van der Waals surface area contributed by atoms with Crippen molar-refractivity contribution in [2.45, 2.75) is 17.7 Å². The number of ether oxygens (including phenoxy) is 1. The molecule has 3 rings (SSSR count). The Bertz CT molecular complexity index is 1040. The van der Waals surface area contributed by atoms with Gasteiger partial charge in [0.1, 0.15) is 0 Å². The summed E-state index contributed by atoms with van der Waals surface area (Å²) in [5, 5.41) is 0. The van der Waals surface area contributed by atoms with Gasteiger partial charge in [0.15, 0.2) is 11.6 Å². The molecule has 1 N–H and O–H groups in total. The van der Waals surface area contributed by atoms with E-state index in [1.807, 2.05) is 0 Å². The van der Waals surface area contributed by atoms with Gasteiger partial charge in [-0.1, -0.05) is 36.4 Å². The molecule has 2 aromatic rings. The third-order valence-electron chi connectivity index (χ3n) is 4.28. The molecule has 0 bridgehead atoms. The van der Waals surface area contributed by atoms with Crippen LogP contribution < -0.4 is 4.72 Å². The maximum absolute atomic E-state index is 12.9. The van der Waals surface area contributed by atoms with Gasteiger partial charge in [-0.05, 0) is 12.5 Å². The minimum atomic E-state index is -4.04. The van der Waals surface area contributed by atoms with E-state index in [-0.39, 0.29) is 52.3 Å². The fraction of sp³-hybridized carbons (Fsp3) is 0.211. The first kappa shape index (κ1) is 18.9. The van der Waals surface area contributed by atoms with Crippen molar-refractivity contribution in [1.29, 1.82) is 0 Å². The average Bonchev–Trinajstić information content (AvgIpc) is 2.68. The molecule has 0 fully saturated rings. The molecule has 8 heteroatoms. The summed E-state index contributed by atoms with van der Waals surface area (Å²) in [6, 6.07) is 10.5. The second-order valence-corrected chi connectivity index (χ2v) is 7.70. The molecule has 0 unspecified atom stereocenters. The maximum atomic E-state index is 12.9. The van der Waals surface area contributed by atoms with Crippen LogP contribution in [0.2, 0.25) is 0 Å². The molecule has 0 radical (unpaired) electrons. The number of sulfonamides is 1. The molecule has 0 spiro atoms. The van der Waals surface area contributed by atoms with Gasteiger partial charge in [0, 0.05) is 29.7 Å². The number of ketones is 2. The standard InChI is InChI=1S/C19H17NO6S/c1-26-16(21)10-5-11-20-27(24,25)15-9-4-8-14-17(15)19(23)13-7-3-2-6-12(13)18(14)22/h2-4,6-9,20H,5,10-11H2,1H3. The molecule has 7 nitrogen and oxygen atoms in total. The largest absolute Gasteiger partial charge is 0.469 e. The lowest BCUT2D eigenvalue weighted by Gasteiger charge is -2.20. The van der Waals surface area contributed by atoms with Gasteiger partial charge in [0.2, 0.25) is 10.0 Å². The summed E-state index contributed by atoms with van der Waals surface area (Å²) in [5.41, 5.74) is 0.386. The number of nitrogens with one attached hydrogen (secondary N) is 1. The van der Waals surface area contributed by atoms with E-state index in [9.17, 15) is 22.8 Å². The van der Waals surface area contributed by atoms with Crippen LogP contribution in [0, 0.1) is 0 Å². The third-order valence-corrected chi connectivity index (χ3v) is 5.78. The second kappa shape index (κ2) is 7.42. The molecular formula is C19H17NO6S. The molecular weight excluding hydrogens is 370 g/mol. The van der Waals surface area contributed by atoms with Crippen molar-refractivity contribution < 1.29 is 27.5 Å². The topological polar surface area (TPSA) is 107 Å². The number of carbonyl (C=O) groups excluding carboxylic acids is 3. The highest BCUT2D eigenvalue weighted by atomic mass is 32.2. The lowest BCUT2D eigenvalue weighted by atomic mass is 9.84. The van der Waals surface area contributed by atoms with Crippen LogP contribution in [0.1, 0.15) is 44.7 Å². The Morgan fingerprint density at radius 2 is 1.59 bits per heavy atom. The number of fused-ring (bicyclic) bond motifs is 2. The quantitative estimate of drug-likeness (QED) is 0.510. The van der Waals surface area contributed by atoms with E-state index in [4.69, 9.17) is 0 Å². The Balaban J connectivity index is 1.94. The molecule has 0 saturated carbocycles. The van der Waals surface area contributed by atoms with Crippen molar-refractivity contribution >= 4 is 27.6 Å². The zero-order chi connectivity index (χ0) is 19.6.